The second-order valence-corrected chi connectivity index (χ2v) is 2.82. The number of hydrogen-bond donors (Lipinski definition) is 1. The lowest BCUT2D eigenvalue weighted by Gasteiger charge is -2.10. The molecule has 0 heterocycles. The molecule has 1 aromatic rings. The Hall–Kier alpha value is -1.78. The highest BCUT2D eigenvalue weighted by molar-refractivity contribution is 5.95. The van der Waals surface area contributed by atoms with E-state index in [0.717, 1.165) is 0 Å². The van der Waals surface area contributed by atoms with Crippen molar-refractivity contribution in [2.45, 2.75) is 6.18 Å². The lowest BCUT2D eigenvalue weighted by atomic mass is 10.1. The fraction of sp³-hybridized carbons (Fsp3) is 0.100. The van der Waals surface area contributed by atoms with Crippen LogP contribution in [-0.2, 0) is 4.79 Å². The molecule has 0 aliphatic rings. The fourth-order valence-electron chi connectivity index (χ4n) is 1.09. The van der Waals surface area contributed by atoms with Crippen molar-refractivity contribution in [2.24, 2.45) is 5.73 Å². The number of nitrogens with two attached hydrogens (primary N) is 1. The first-order chi connectivity index (χ1) is 6.91. The highest BCUT2D eigenvalue weighted by Gasteiger charge is 2.34. The third-order valence-electron chi connectivity index (χ3n) is 1.68. The average Bonchev–Trinajstić information content (AvgIpc) is 2.14. The number of carbonyl (C=O) groups is 1. The molecule has 0 unspecified atom stereocenters. The second kappa shape index (κ2) is 4.16. The van der Waals surface area contributed by atoms with Crippen LogP contribution in [0.1, 0.15) is 5.56 Å². The molecule has 0 bridgehead atoms. The third kappa shape index (κ3) is 3.12. The summed E-state index contributed by atoms with van der Waals surface area (Å²) in [6.07, 6.45) is -4.20. The number of benzene rings is 1. The zero-order chi connectivity index (χ0) is 11.5. The molecular formula is C10H8F3NO. The monoisotopic (exact) mass is 215 g/mol. The minimum atomic E-state index is -4.59. The number of rotatable bonds is 2. The van der Waals surface area contributed by atoms with E-state index in [1.807, 2.05) is 0 Å². The normalized spacial score (nSPS) is 12.6. The summed E-state index contributed by atoms with van der Waals surface area (Å²) in [5.41, 5.74) is 3.60. The van der Waals surface area contributed by atoms with Crippen molar-refractivity contribution >= 4 is 11.5 Å². The number of alkyl halides is 3. The van der Waals surface area contributed by atoms with Crippen LogP contribution in [0.3, 0.4) is 0 Å². The van der Waals surface area contributed by atoms with Gasteiger partial charge in [0.15, 0.2) is 0 Å². The van der Waals surface area contributed by atoms with Crippen LogP contribution < -0.4 is 5.73 Å². The summed E-state index contributed by atoms with van der Waals surface area (Å²) in [6.45, 7) is 0. The van der Waals surface area contributed by atoms with Crippen LogP contribution in [0.2, 0.25) is 0 Å². The predicted molar refractivity (Wildman–Crippen MR) is 49.7 cm³/mol. The molecule has 1 aromatic carbocycles. The number of amides is 1. The minimum Gasteiger partial charge on any atom is -0.366 e. The first kappa shape index (κ1) is 11.3. The topological polar surface area (TPSA) is 43.1 Å². The minimum absolute atomic E-state index is 0.0798. The molecule has 15 heavy (non-hydrogen) atoms. The van der Waals surface area contributed by atoms with Crippen molar-refractivity contribution in [3.63, 3.8) is 0 Å². The van der Waals surface area contributed by atoms with Crippen molar-refractivity contribution in [1.82, 2.24) is 0 Å². The Morgan fingerprint density at radius 3 is 2.13 bits per heavy atom. The molecule has 0 atom stereocenters. The second-order valence-electron chi connectivity index (χ2n) is 2.82. The third-order valence-corrected chi connectivity index (χ3v) is 1.68. The number of hydrogen-bond acceptors (Lipinski definition) is 1. The van der Waals surface area contributed by atoms with Crippen LogP contribution in [0.5, 0.6) is 0 Å². The van der Waals surface area contributed by atoms with Gasteiger partial charge in [-0.25, -0.2) is 0 Å². The summed E-state index contributed by atoms with van der Waals surface area (Å²) < 4.78 is 37.5. The van der Waals surface area contributed by atoms with E-state index < -0.39 is 17.7 Å². The highest BCUT2D eigenvalue weighted by Crippen LogP contribution is 2.33. The van der Waals surface area contributed by atoms with Gasteiger partial charge in [-0.15, -0.1) is 0 Å². The quantitative estimate of drug-likeness (QED) is 0.754. The van der Waals surface area contributed by atoms with Crippen LogP contribution >= 0.6 is 0 Å². The molecule has 0 saturated heterocycles. The molecule has 0 fully saturated rings. The van der Waals surface area contributed by atoms with Crippen molar-refractivity contribution in [1.29, 1.82) is 0 Å². The maximum atomic E-state index is 12.5. The molecule has 80 valence electrons. The van der Waals surface area contributed by atoms with Crippen LogP contribution in [0.15, 0.2) is 36.4 Å². The summed E-state index contributed by atoms with van der Waals surface area (Å²) in [7, 11) is 0. The molecule has 1 rings (SSSR count). The fourth-order valence-corrected chi connectivity index (χ4v) is 1.09. The van der Waals surface area contributed by atoms with Gasteiger partial charge in [0.05, 0.1) is 5.57 Å². The van der Waals surface area contributed by atoms with E-state index in [0.29, 0.717) is 6.08 Å². The summed E-state index contributed by atoms with van der Waals surface area (Å²) >= 11 is 0. The zero-order valence-electron chi connectivity index (χ0n) is 7.58. The van der Waals surface area contributed by atoms with Gasteiger partial charge in [-0.05, 0) is 5.56 Å². The molecule has 5 heteroatoms. The van der Waals surface area contributed by atoms with Crippen molar-refractivity contribution in [3.05, 3.63) is 42.0 Å². The van der Waals surface area contributed by atoms with Crippen LogP contribution in [0, 0.1) is 0 Å². The molecular weight excluding hydrogens is 207 g/mol. The molecule has 0 radical (unpaired) electrons. The molecule has 0 spiro atoms. The van der Waals surface area contributed by atoms with Crippen LogP contribution in [-0.4, -0.2) is 12.1 Å². The van der Waals surface area contributed by atoms with Gasteiger partial charge in [0, 0.05) is 6.08 Å². The van der Waals surface area contributed by atoms with Crippen molar-refractivity contribution < 1.29 is 18.0 Å². The Bertz CT molecular complexity index is 381. The van der Waals surface area contributed by atoms with Crippen molar-refractivity contribution in [3.8, 4) is 0 Å². The summed E-state index contributed by atoms with van der Waals surface area (Å²) in [4.78, 5) is 10.5. The maximum Gasteiger partial charge on any atom is 0.417 e. The standard InChI is InChI=1S/C10H8F3NO/c11-10(12,13)8(6-9(14)15)7-4-2-1-3-5-7/h1-6H,(H2,14,15). The molecule has 1 amide bonds. The van der Waals surface area contributed by atoms with E-state index >= 15 is 0 Å². The first-order valence-corrected chi connectivity index (χ1v) is 4.05. The molecule has 0 aliphatic carbocycles. The molecule has 0 saturated carbocycles. The van der Waals surface area contributed by atoms with Gasteiger partial charge in [0.2, 0.25) is 5.91 Å². The zero-order valence-corrected chi connectivity index (χ0v) is 7.58. The van der Waals surface area contributed by atoms with E-state index in [1.165, 1.54) is 24.3 Å². The van der Waals surface area contributed by atoms with Gasteiger partial charge in [0.25, 0.3) is 0 Å². The molecule has 0 aliphatic heterocycles. The average molecular weight is 215 g/mol. The molecule has 2 N–H and O–H groups in total. The summed E-state index contributed by atoms with van der Waals surface area (Å²) in [5, 5.41) is 0. The lowest BCUT2D eigenvalue weighted by Crippen LogP contribution is -2.15. The molecule has 2 nitrogen and oxygen atoms in total. The first-order valence-electron chi connectivity index (χ1n) is 4.05. The maximum absolute atomic E-state index is 12.5. The predicted octanol–water partition coefficient (Wildman–Crippen LogP) is 2.12. The number of primary amides is 1. The van der Waals surface area contributed by atoms with Crippen LogP contribution in [0.4, 0.5) is 13.2 Å². The van der Waals surface area contributed by atoms with Gasteiger partial charge < -0.3 is 5.73 Å². The number of allylic oxidation sites excluding steroid dienone is 1. The van der Waals surface area contributed by atoms with Gasteiger partial charge in [-0.2, -0.15) is 13.2 Å². The van der Waals surface area contributed by atoms with Crippen LogP contribution in [0.25, 0.3) is 5.57 Å². The largest absolute Gasteiger partial charge is 0.417 e. The van der Waals surface area contributed by atoms with E-state index in [2.05, 4.69) is 0 Å². The van der Waals surface area contributed by atoms with E-state index in [4.69, 9.17) is 5.73 Å². The Labute approximate surface area is 84.2 Å². The smallest absolute Gasteiger partial charge is 0.366 e. The Morgan fingerprint density at radius 1 is 1.20 bits per heavy atom. The highest BCUT2D eigenvalue weighted by atomic mass is 19.4. The Kier molecular flexibility index (Phi) is 3.14. The van der Waals surface area contributed by atoms with Gasteiger partial charge >= 0.3 is 6.18 Å². The number of carbonyl (C=O) groups excluding carboxylic acids is 1. The van der Waals surface area contributed by atoms with E-state index in [9.17, 15) is 18.0 Å². The van der Waals surface area contributed by atoms with Crippen molar-refractivity contribution in [2.75, 3.05) is 0 Å². The SMILES string of the molecule is NC(=O)C=C(c1ccccc1)C(F)(F)F. The van der Waals surface area contributed by atoms with Gasteiger partial charge in [-0.3, -0.25) is 4.79 Å². The Morgan fingerprint density at radius 2 is 1.73 bits per heavy atom. The van der Waals surface area contributed by atoms with E-state index in [1.54, 1.807) is 6.07 Å². The summed E-state index contributed by atoms with van der Waals surface area (Å²) in [5.74, 6) is -1.12. The summed E-state index contributed by atoms with van der Waals surface area (Å²) in [6, 6.07) is 7.03. The van der Waals surface area contributed by atoms with E-state index in [-0.39, 0.29) is 5.56 Å². The van der Waals surface area contributed by atoms with Gasteiger partial charge in [-0.1, -0.05) is 30.3 Å². The Balaban J connectivity index is 3.20. The molecule has 0 aromatic heterocycles. The number of halogens is 3. The van der Waals surface area contributed by atoms with Gasteiger partial charge in [0.1, 0.15) is 0 Å². The lowest BCUT2D eigenvalue weighted by molar-refractivity contribution is -0.114.